The minimum absolute atomic E-state index is 0.0799. The average Bonchev–Trinajstić information content (AvgIpc) is 2.68. The van der Waals surface area contributed by atoms with Crippen LogP contribution in [-0.2, 0) is 9.84 Å². The van der Waals surface area contributed by atoms with Gasteiger partial charge in [0, 0.05) is 19.8 Å². The number of aromatic nitrogens is 1. The molecule has 1 aromatic heterocycles. The molecule has 0 spiro atoms. The maximum absolute atomic E-state index is 11.1. The van der Waals surface area contributed by atoms with Crippen molar-refractivity contribution < 1.29 is 13.2 Å². The fourth-order valence-electron chi connectivity index (χ4n) is 1.39. The lowest BCUT2D eigenvalue weighted by Gasteiger charge is -2.14. The van der Waals surface area contributed by atoms with E-state index < -0.39 is 9.84 Å². The Morgan fingerprint density at radius 1 is 1.44 bits per heavy atom. The number of hydrogen-bond donors (Lipinski definition) is 0. The molecule has 0 bridgehead atoms. The highest BCUT2D eigenvalue weighted by atomic mass is 32.2. The second-order valence-electron chi connectivity index (χ2n) is 4.57. The minimum Gasteiger partial charge on any atom is -0.350 e. The number of sulfone groups is 1. The summed E-state index contributed by atoms with van der Waals surface area (Å²) in [6, 6.07) is 0. The fraction of sp³-hybridized carbons (Fsp3) is 0.636. The van der Waals surface area contributed by atoms with E-state index in [2.05, 4.69) is 4.98 Å². The second kappa shape index (κ2) is 5.79. The Balaban J connectivity index is 2.86. The van der Waals surface area contributed by atoms with Crippen molar-refractivity contribution in [1.82, 2.24) is 4.98 Å². The Morgan fingerprint density at radius 2 is 2.06 bits per heavy atom. The molecule has 7 heteroatoms. The monoisotopic (exact) mass is 290 g/mol. The zero-order valence-electron chi connectivity index (χ0n) is 11.0. The molecule has 0 saturated heterocycles. The molecule has 1 aromatic rings. The van der Waals surface area contributed by atoms with Crippen molar-refractivity contribution in [3.05, 3.63) is 10.6 Å². The molecule has 0 atom stereocenters. The van der Waals surface area contributed by atoms with E-state index in [1.165, 1.54) is 17.6 Å². The summed E-state index contributed by atoms with van der Waals surface area (Å²) in [6.45, 7) is 4.33. The number of thiazole rings is 1. The van der Waals surface area contributed by atoms with Gasteiger partial charge in [0.2, 0.25) is 0 Å². The van der Waals surface area contributed by atoms with Gasteiger partial charge in [0.05, 0.1) is 16.3 Å². The van der Waals surface area contributed by atoms with Gasteiger partial charge in [-0.1, -0.05) is 25.2 Å². The van der Waals surface area contributed by atoms with Crippen molar-refractivity contribution in [2.75, 3.05) is 30.5 Å². The lowest BCUT2D eigenvalue weighted by molar-refractivity contribution is 0.112. The Morgan fingerprint density at radius 3 is 2.44 bits per heavy atom. The topological polar surface area (TPSA) is 67.3 Å². The minimum atomic E-state index is -2.99. The van der Waals surface area contributed by atoms with Crippen LogP contribution in [0.15, 0.2) is 0 Å². The van der Waals surface area contributed by atoms with E-state index in [1.54, 1.807) is 11.9 Å². The molecule has 18 heavy (non-hydrogen) atoms. The van der Waals surface area contributed by atoms with Crippen molar-refractivity contribution in [3.8, 4) is 0 Å². The van der Waals surface area contributed by atoms with E-state index in [9.17, 15) is 13.2 Å². The second-order valence-corrected chi connectivity index (χ2v) is 7.84. The highest BCUT2D eigenvalue weighted by molar-refractivity contribution is 7.90. The largest absolute Gasteiger partial charge is 0.350 e. The molecule has 0 fully saturated rings. The first-order chi connectivity index (χ1) is 8.24. The van der Waals surface area contributed by atoms with Crippen molar-refractivity contribution >= 4 is 32.6 Å². The summed E-state index contributed by atoms with van der Waals surface area (Å²) in [6.07, 6.45) is 2.01. The zero-order valence-corrected chi connectivity index (χ0v) is 12.6. The molecule has 1 rings (SSSR count). The van der Waals surface area contributed by atoms with Gasteiger partial charge in [-0.2, -0.15) is 0 Å². The van der Waals surface area contributed by atoms with Crippen LogP contribution in [0.4, 0.5) is 5.13 Å². The predicted molar refractivity (Wildman–Crippen MR) is 74.6 cm³/mol. The summed E-state index contributed by atoms with van der Waals surface area (Å²) >= 11 is 1.30. The predicted octanol–water partition coefficient (Wildman–Crippen LogP) is 1.56. The van der Waals surface area contributed by atoms with E-state index in [-0.39, 0.29) is 11.7 Å². The highest BCUT2D eigenvalue weighted by Gasteiger charge is 2.16. The normalized spacial score (nSPS) is 11.8. The van der Waals surface area contributed by atoms with E-state index >= 15 is 0 Å². The van der Waals surface area contributed by atoms with Crippen molar-refractivity contribution in [3.63, 3.8) is 0 Å². The quantitative estimate of drug-likeness (QED) is 0.744. The lowest BCUT2D eigenvalue weighted by Crippen LogP contribution is -2.24. The van der Waals surface area contributed by atoms with Crippen LogP contribution in [0, 0.1) is 0 Å². The van der Waals surface area contributed by atoms with E-state index in [0.717, 1.165) is 12.0 Å². The van der Waals surface area contributed by atoms with E-state index in [4.69, 9.17) is 0 Å². The molecule has 0 aliphatic rings. The maximum Gasteiger partial charge on any atom is 0.185 e. The number of aldehydes is 1. The average molecular weight is 290 g/mol. The third kappa shape index (κ3) is 4.06. The van der Waals surface area contributed by atoms with Crippen LogP contribution in [0.5, 0.6) is 0 Å². The van der Waals surface area contributed by atoms with Gasteiger partial charge in [-0.3, -0.25) is 4.79 Å². The van der Waals surface area contributed by atoms with Gasteiger partial charge in [-0.05, 0) is 5.92 Å². The third-order valence-corrected chi connectivity index (χ3v) is 4.48. The molecule has 0 N–H and O–H groups in total. The Labute approximate surface area is 112 Å². The number of carbonyl (C=O) groups excluding carboxylic acids is 1. The molecule has 0 amide bonds. The molecule has 0 aromatic carbocycles. The van der Waals surface area contributed by atoms with Crippen LogP contribution in [0.1, 0.15) is 35.1 Å². The molecule has 1 heterocycles. The maximum atomic E-state index is 11.1. The lowest BCUT2D eigenvalue weighted by atomic mass is 10.1. The van der Waals surface area contributed by atoms with Crippen molar-refractivity contribution in [2.24, 2.45) is 0 Å². The van der Waals surface area contributed by atoms with Crippen LogP contribution in [-0.4, -0.2) is 45.3 Å². The number of anilines is 1. The third-order valence-electron chi connectivity index (χ3n) is 2.45. The molecule has 0 aliphatic carbocycles. The van der Waals surface area contributed by atoms with E-state index in [0.29, 0.717) is 16.6 Å². The molecule has 102 valence electrons. The number of rotatable bonds is 6. The number of nitrogens with zero attached hydrogens (tertiary/aromatic N) is 2. The van der Waals surface area contributed by atoms with Gasteiger partial charge in [0.1, 0.15) is 9.84 Å². The summed E-state index contributed by atoms with van der Waals surface area (Å²) in [5.41, 5.74) is 0.774. The molecule has 5 nitrogen and oxygen atoms in total. The fourth-order valence-corrected chi connectivity index (χ4v) is 3.02. The molecule has 0 radical (unpaired) electrons. The summed E-state index contributed by atoms with van der Waals surface area (Å²) in [4.78, 5) is 17.7. The Bertz CT molecular complexity index is 520. The number of hydrogen-bond acceptors (Lipinski definition) is 6. The van der Waals surface area contributed by atoms with Crippen LogP contribution >= 0.6 is 11.3 Å². The zero-order chi connectivity index (χ0) is 13.9. The van der Waals surface area contributed by atoms with Crippen LogP contribution < -0.4 is 4.90 Å². The first kappa shape index (κ1) is 15.1. The van der Waals surface area contributed by atoms with Gasteiger partial charge in [-0.25, -0.2) is 13.4 Å². The van der Waals surface area contributed by atoms with Gasteiger partial charge in [-0.15, -0.1) is 0 Å². The SMILES string of the molecule is CC(C)c1nc(N(C)CCS(C)(=O)=O)sc1C=O. The molecule has 0 aliphatic heterocycles. The Kier molecular flexibility index (Phi) is 4.86. The van der Waals surface area contributed by atoms with Gasteiger partial charge < -0.3 is 4.90 Å². The summed E-state index contributed by atoms with van der Waals surface area (Å²) < 4.78 is 22.2. The van der Waals surface area contributed by atoms with Crippen molar-refractivity contribution in [2.45, 2.75) is 19.8 Å². The molecule has 0 unspecified atom stereocenters. The van der Waals surface area contributed by atoms with Crippen LogP contribution in [0.2, 0.25) is 0 Å². The van der Waals surface area contributed by atoms with Gasteiger partial charge in [0.25, 0.3) is 0 Å². The summed E-state index contributed by atoms with van der Waals surface area (Å²) in [5, 5.41) is 0.685. The highest BCUT2D eigenvalue weighted by Crippen LogP contribution is 2.28. The smallest absolute Gasteiger partial charge is 0.185 e. The standard InChI is InChI=1S/C11H18N2O3S2/c1-8(2)10-9(7-14)17-11(12-10)13(3)5-6-18(4,15)16/h7-8H,5-6H2,1-4H3. The van der Waals surface area contributed by atoms with Gasteiger partial charge in [0.15, 0.2) is 11.4 Å². The first-order valence-electron chi connectivity index (χ1n) is 5.59. The summed E-state index contributed by atoms with van der Waals surface area (Å²) in [5.74, 6) is 0.259. The van der Waals surface area contributed by atoms with Crippen LogP contribution in [0.3, 0.4) is 0 Å². The summed E-state index contributed by atoms with van der Waals surface area (Å²) in [7, 11) is -1.21. The van der Waals surface area contributed by atoms with Crippen LogP contribution in [0.25, 0.3) is 0 Å². The van der Waals surface area contributed by atoms with E-state index in [1.807, 2.05) is 13.8 Å². The van der Waals surface area contributed by atoms with Crippen molar-refractivity contribution in [1.29, 1.82) is 0 Å². The molecular weight excluding hydrogens is 272 g/mol. The Hall–Kier alpha value is -0.950. The molecule has 0 saturated carbocycles. The van der Waals surface area contributed by atoms with Gasteiger partial charge >= 0.3 is 0 Å². The first-order valence-corrected chi connectivity index (χ1v) is 8.47. The molecular formula is C11H18N2O3S2. The number of carbonyl (C=O) groups is 1.